The van der Waals surface area contributed by atoms with E-state index in [2.05, 4.69) is 48.4 Å². The number of nitrogens with one attached hydrogen (secondary N) is 2. The van der Waals surface area contributed by atoms with E-state index >= 15 is 0 Å². The Bertz CT molecular complexity index is 987. The standard InChI is InChI=1S/C21H25N3OS/c1-4-14-6-8-15(9-7-14)22-13(3)19-23-20(25)18-16-10-5-12(2)11-17(16)26-21(18)24-19/h6-9,12-13,22H,4-5,10-11H2,1-3H3,(H,23,24,25)/t12-,13+/m1/s1. The largest absolute Gasteiger partial charge is 0.375 e. The van der Waals surface area contributed by atoms with Crippen molar-refractivity contribution in [3.05, 3.63) is 56.4 Å². The van der Waals surface area contributed by atoms with Crippen molar-refractivity contribution in [3.63, 3.8) is 0 Å². The number of thiophene rings is 1. The van der Waals surface area contributed by atoms with Crippen LogP contribution >= 0.6 is 11.3 Å². The van der Waals surface area contributed by atoms with Crippen molar-refractivity contribution >= 4 is 27.2 Å². The lowest BCUT2D eigenvalue weighted by molar-refractivity contribution is 0.509. The monoisotopic (exact) mass is 367 g/mol. The maximum atomic E-state index is 12.7. The third kappa shape index (κ3) is 3.16. The number of fused-ring (bicyclic) bond motifs is 3. The fourth-order valence-corrected chi connectivity index (χ4v) is 5.12. The Kier molecular flexibility index (Phi) is 4.57. The lowest BCUT2D eigenvalue weighted by atomic mass is 9.89. The van der Waals surface area contributed by atoms with Crippen molar-refractivity contribution in [2.45, 2.75) is 52.5 Å². The van der Waals surface area contributed by atoms with Gasteiger partial charge in [-0.3, -0.25) is 4.79 Å². The normalized spacial score (nSPS) is 17.9. The van der Waals surface area contributed by atoms with Gasteiger partial charge in [0, 0.05) is 10.6 Å². The van der Waals surface area contributed by atoms with Crippen LogP contribution in [0.15, 0.2) is 29.1 Å². The molecule has 0 bridgehead atoms. The summed E-state index contributed by atoms with van der Waals surface area (Å²) in [7, 11) is 0. The molecule has 2 heterocycles. The molecule has 0 saturated heterocycles. The van der Waals surface area contributed by atoms with Crippen molar-refractivity contribution in [2.24, 2.45) is 5.92 Å². The molecule has 2 atom stereocenters. The second-order valence-electron chi connectivity index (χ2n) is 7.40. The number of hydrogen-bond acceptors (Lipinski definition) is 4. The second-order valence-corrected chi connectivity index (χ2v) is 8.48. The van der Waals surface area contributed by atoms with Gasteiger partial charge in [-0.1, -0.05) is 26.0 Å². The summed E-state index contributed by atoms with van der Waals surface area (Å²) >= 11 is 1.70. The van der Waals surface area contributed by atoms with Gasteiger partial charge in [0.2, 0.25) is 0 Å². The van der Waals surface area contributed by atoms with E-state index in [-0.39, 0.29) is 11.6 Å². The molecule has 0 saturated carbocycles. The zero-order chi connectivity index (χ0) is 18.3. The van der Waals surface area contributed by atoms with Crippen LogP contribution in [0.5, 0.6) is 0 Å². The number of nitrogens with zero attached hydrogens (tertiary/aromatic N) is 1. The molecule has 136 valence electrons. The highest BCUT2D eigenvalue weighted by Gasteiger charge is 2.23. The number of anilines is 1. The van der Waals surface area contributed by atoms with Gasteiger partial charge >= 0.3 is 0 Å². The SMILES string of the molecule is CCc1ccc(N[C@@H](C)c2nc3sc4c(c3c(=O)[nH]2)CC[C@@H](C)C4)cc1. The molecule has 5 heteroatoms. The minimum absolute atomic E-state index is 0.00651. The molecule has 1 aromatic carbocycles. The molecule has 4 rings (SSSR count). The quantitative estimate of drug-likeness (QED) is 0.693. The van der Waals surface area contributed by atoms with Gasteiger partial charge in [0.25, 0.3) is 5.56 Å². The maximum Gasteiger partial charge on any atom is 0.259 e. The topological polar surface area (TPSA) is 57.8 Å². The van der Waals surface area contributed by atoms with Crippen molar-refractivity contribution in [2.75, 3.05) is 5.32 Å². The number of H-pyrrole nitrogens is 1. The van der Waals surface area contributed by atoms with E-state index in [0.717, 1.165) is 41.6 Å². The molecule has 0 radical (unpaired) electrons. The molecule has 2 aromatic heterocycles. The molecular formula is C21H25N3OS. The average molecular weight is 368 g/mol. The highest BCUT2D eigenvalue weighted by molar-refractivity contribution is 7.18. The Hall–Kier alpha value is -2.14. The van der Waals surface area contributed by atoms with Crippen molar-refractivity contribution in [1.29, 1.82) is 0 Å². The smallest absolute Gasteiger partial charge is 0.259 e. The van der Waals surface area contributed by atoms with Crippen LogP contribution in [0.4, 0.5) is 5.69 Å². The Morgan fingerprint density at radius 2 is 2.12 bits per heavy atom. The minimum Gasteiger partial charge on any atom is -0.375 e. The molecule has 4 nitrogen and oxygen atoms in total. The van der Waals surface area contributed by atoms with Crippen LogP contribution < -0.4 is 10.9 Å². The zero-order valence-electron chi connectivity index (χ0n) is 15.6. The van der Waals surface area contributed by atoms with E-state index in [1.54, 1.807) is 11.3 Å². The molecule has 1 aliphatic rings. The van der Waals surface area contributed by atoms with E-state index in [4.69, 9.17) is 4.98 Å². The number of aromatic amines is 1. The summed E-state index contributed by atoms with van der Waals surface area (Å²) < 4.78 is 0. The maximum absolute atomic E-state index is 12.7. The molecule has 0 spiro atoms. The molecule has 26 heavy (non-hydrogen) atoms. The number of hydrogen-bond donors (Lipinski definition) is 2. The van der Waals surface area contributed by atoms with E-state index in [1.165, 1.54) is 16.0 Å². The second kappa shape index (κ2) is 6.88. The van der Waals surface area contributed by atoms with Crippen LogP contribution in [-0.2, 0) is 19.3 Å². The first-order valence-corrected chi connectivity index (χ1v) is 10.3. The fourth-order valence-electron chi connectivity index (χ4n) is 3.73. The van der Waals surface area contributed by atoms with E-state index in [0.29, 0.717) is 11.7 Å². The highest BCUT2D eigenvalue weighted by Crippen LogP contribution is 2.35. The zero-order valence-corrected chi connectivity index (χ0v) is 16.4. The van der Waals surface area contributed by atoms with Gasteiger partial charge in [0.15, 0.2) is 0 Å². The van der Waals surface area contributed by atoms with Crippen LogP contribution in [0.1, 0.15) is 55.1 Å². The molecule has 0 unspecified atom stereocenters. The van der Waals surface area contributed by atoms with Crippen LogP contribution in [0, 0.1) is 5.92 Å². The summed E-state index contributed by atoms with van der Waals surface area (Å²) in [6.07, 6.45) is 4.26. The van der Waals surface area contributed by atoms with E-state index in [1.807, 2.05) is 6.92 Å². The number of rotatable bonds is 4. The summed E-state index contributed by atoms with van der Waals surface area (Å²) in [5.41, 5.74) is 3.59. The van der Waals surface area contributed by atoms with E-state index < -0.39 is 0 Å². The highest BCUT2D eigenvalue weighted by atomic mass is 32.1. The Morgan fingerprint density at radius 3 is 2.85 bits per heavy atom. The molecule has 0 aliphatic heterocycles. The molecule has 0 fully saturated rings. The van der Waals surface area contributed by atoms with E-state index in [9.17, 15) is 4.79 Å². The first kappa shape index (κ1) is 17.3. The Balaban J connectivity index is 1.65. The fraction of sp³-hybridized carbons (Fsp3) is 0.429. The molecule has 2 N–H and O–H groups in total. The van der Waals surface area contributed by atoms with Crippen LogP contribution in [0.25, 0.3) is 10.2 Å². The van der Waals surface area contributed by atoms with Gasteiger partial charge in [-0.2, -0.15) is 0 Å². The van der Waals surface area contributed by atoms with Gasteiger partial charge in [-0.15, -0.1) is 11.3 Å². The third-order valence-electron chi connectivity index (χ3n) is 5.34. The number of aryl methyl sites for hydroxylation is 2. The van der Waals surface area contributed by atoms with Crippen molar-refractivity contribution in [1.82, 2.24) is 9.97 Å². The third-order valence-corrected chi connectivity index (χ3v) is 6.49. The van der Waals surface area contributed by atoms with Gasteiger partial charge in [-0.25, -0.2) is 4.98 Å². The molecule has 3 aromatic rings. The lowest BCUT2D eigenvalue weighted by Gasteiger charge is -2.17. The van der Waals surface area contributed by atoms with Crippen molar-refractivity contribution in [3.8, 4) is 0 Å². The summed E-state index contributed by atoms with van der Waals surface area (Å²) in [6.45, 7) is 6.47. The van der Waals surface area contributed by atoms with Crippen LogP contribution in [0.3, 0.4) is 0 Å². The van der Waals surface area contributed by atoms with Crippen molar-refractivity contribution < 1.29 is 0 Å². The van der Waals surface area contributed by atoms with Gasteiger partial charge in [0.05, 0.1) is 11.4 Å². The first-order chi connectivity index (χ1) is 12.5. The summed E-state index contributed by atoms with van der Waals surface area (Å²) in [4.78, 5) is 22.8. The molecule has 1 aliphatic carbocycles. The number of aromatic nitrogens is 2. The lowest BCUT2D eigenvalue weighted by Crippen LogP contribution is -2.18. The average Bonchev–Trinajstić information content (AvgIpc) is 3.00. The number of benzene rings is 1. The van der Waals surface area contributed by atoms with Gasteiger partial charge < -0.3 is 10.3 Å². The molecular weight excluding hydrogens is 342 g/mol. The minimum atomic E-state index is -0.0578. The van der Waals surface area contributed by atoms with Crippen LogP contribution in [0.2, 0.25) is 0 Å². The predicted octanol–water partition coefficient (Wildman–Crippen LogP) is 4.84. The summed E-state index contributed by atoms with van der Waals surface area (Å²) in [5.74, 6) is 1.40. The van der Waals surface area contributed by atoms with Gasteiger partial charge in [-0.05, 0) is 61.8 Å². The summed E-state index contributed by atoms with van der Waals surface area (Å²) in [6, 6.07) is 8.36. The predicted molar refractivity (Wildman–Crippen MR) is 109 cm³/mol. The first-order valence-electron chi connectivity index (χ1n) is 9.45. The van der Waals surface area contributed by atoms with Gasteiger partial charge in [0.1, 0.15) is 10.7 Å². The van der Waals surface area contributed by atoms with Crippen LogP contribution in [-0.4, -0.2) is 9.97 Å². The summed E-state index contributed by atoms with van der Waals surface area (Å²) in [5, 5.41) is 4.26. The Labute approximate surface area is 157 Å². The Morgan fingerprint density at radius 1 is 1.35 bits per heavy atom. The molecule has 0 amide bonds.